The molecule has 0 aromatic carbocycles. The van der Waals surface area contributed by atoms with Crippen molar-refractivity contribution < 1.29 is 5.11 Å². The molecule has 0 bridgehead atoms. The van der Waals surface area contributed by atoms with Gasteiger partial charge in [0.1, 0.15) is 11.5 Å². The first-order valence-electron chi connectivity index (χ1n) is 3.76. The summed E-state index contributed by atoms with van der Waals surface area (Å²) in [6.07, 6.45) is 2.97. The van der Waals surface area contributed by atoms with Crippen molar-refractivity contribution in [2.45, 2.75) is 6.54 Å². The molecular weight excluding hydrogens is 192 g/mol. The minimum atomic E-state index is 0.0262. The first kappa shape index (κ1) is 8.40. The van der Waals surface area contributed by atoms with Crippen LogP contribution in [0.3, 0.4) is 0 Å². The zero-order valence-electron chi connectivity index (χ0n) is 6.68. The van der Waals surface area contributed by atoms with Gasteiger partial charge in [0.2, 0.25) is 0 Å². The fourth-order valence-electron chi connectivity index (χ4n) is 1.12. The van der Waals surface area contributed by atoms with Gasteiger partial charge in [-0.3, -0.25) is 0 Å². The van der Waals surface area contributed by atoms with Gasteiger partial charge >= 0.3 is 0 Å². The molecule has 6 heteroatoms. The van der Waals surface area contributed by atoms with Gasteiger partial charge in [0.25, 0.3) is 0 Å². The highest BCUT2D eigenvalue weighted by atomic mass is 35.5. The molecule has 0 fully saturated rings. The molecule has 2 aromatic rings. The second kappa shape index (κ2) is 3.27. The lowest BCUT2D eigenvalue weighted by atomic mass is 10.4. The summed E-state index contributed by atoms with van der Waals surface area (Å²) in [6.45, 7) is 0.440. The summed E-state index contributed by atoms with van der Waals surface area (Å²) >= 11 is 5.80. The molecule has 68 valence electrons. The smallest absolute Gasteiger partial charge is 0.162 e. The van der Waals surface area contributed by atoms with E-state index in [1.54, 1.807) is 10.9 Å². The van der Waals surface area contributed by atoms with Crippen molar-refractivity contribution in [3.63, 3.8) is 0 Å². The predicted octanol–water partition coefficient (Wildman–Crippen LogP) is 0.472. The minimum absolute atomic E-state index is 0.0262. The van der Waals surface area contributed by atoms with E-state index in [0.29, 0.717) is 22.7 Å². The number of halogens is 1. The van der Waals surface area contributed by atoms with E-state index in [1.165, 1.54) is 6.33 Å². The lowest BCUT2D eigenvalue weighted by Crippen LogP contribution is -2.04. The molecule has 2 aromatic heterocycles. The van der Waals surface area contributed by atoms with Gasteiger partial charge in [-0.2, -0.15) is 5.10 Å². The van der Waals surface area contributed by atoms with Crippen LogP contribution in [0.2, 0.25) is 5.15 Å². The standard InChI is InChI=1S/C7H7ClN4O/c8-6-5-3-11-12(1-2-13)7(5)10-4-9-6/h3-4,13H,1-2H2. The Morgan fingerprint density at radius 3 is 3.08 bits per heavy atom. The molecule has 0 unspecified atom stereocenters. The van der Waals surface area contributed by atoms with E-state index in [4.69, 9.17) is 16.7 Å². The van der Waals surface area contributed by atoms with Crippen molar-refractivity contribution in [1.82, 2.24) is 19.7 Å². The van der Waals surface area contributed by atoms with Crippen LogP contribution in [0.15, 0.2) is 12.5 Å². The molecule has 13 heavy (non-hydrogen) atoms. The van der Waals surface area contributed by atoms with E-state index in [9.17, 15) is 0 Å². The average molecular weight is 199 g/mol. The molecule has 0 aliphatic carbocycles. The van der Waals surface area contributed by atoms with E-state index in [2.05, 4.69) is 15.1 Å². The van der Waals surface area contributed by atoms with E-state index >= 15 is 0 Å². The SMILES string of the molecule is OCCn1ncc2c(Cl)ncnc21. The normalized spacial score (nSPS) is 10.9. The topological polar surface area (TPSA) is 63.8 Å². The number of hydrogen-bond donors (Lipinski definition) is 1. The molecule has 0 aliphatic heterocycles. The van der Waals surface area contributed by atoms with Gasteiger partial charge in [0.05, 0.1) is 24.7 Å². The summed E-state index contributed by atoms with van der Waals surface area (Å²) in [6, 6.07) is 0. The minimum Gasteiger partial charge on any atom is -0.394 e. The Balaban J connectivity index is 2.61. The third-order valence-corrected chi connectivity index (χ3v) is 2.00. The Morgan fingerprint density at radius 1 is 1.46 bits per heavy atom. The first-order chi connectivity index (χ1) is 6.33. The summed E-state index contributed by atoms with van der Waals surface area (Å²) < 4.78 is 1.59. The maximum Gasteiger partial charge on any atom is 0.162 e. The van der Waals surface area contributed by atoms with Gasteiger partial charge in [-0.05, 0) is 0 Å². The van der Waals surface area contributed by atoms with E-state index < -0.39 is 0 Å². The van der Waals surface area contributed by atoms with Crippen molar-refractivity contribution in [3.05, 3.63) is 17.7 Å². The molecule has 0 spiro atoms. The van der Waals surface area contributed by atoms with Crippen molar-refractivity contribution in [3.8, 4) is 0 Å². The first-order valence-corrected chi connectivity index (χ1v) is 4.13. The van der Waals surface area contributed by atoms with E-state index in [1.807, 2.05) is 0 Å². The Labute approximate surface area is 79.0 Å². The van der Waals surface area contributed by atoms with Crippen LogP contribution in [0.4, 0.5) is 0 Å². The summed E-state index contributed by atoms with van der Waals surface area (Å²) in [4.78, 5) is 7.83. The highest BCUT2D eigenvalue weighted by molar-refractivity contribution is 6.33. The molecular formula is C7H7ClN4O. The second-order valence-corrected chi connectivity index (χ2v) is 2.85. The van der Waals surface area contributed by atoms with Crippen LogP contribution in [-0.4, -0.2) is 31.5 Å². The number of rotatable bonds is 2. The molecule has 0 radical (unpaired) electrons. The highest BCUT2D eigenvalue weighted by Crippen LogP contribution is 2.17. The summed E-state index contributed by atoms with van der Waals surface area (Å²) in [5.74, 6) is 0. The summed E-state index contributed by atoms with van der Waals surface area (Å²) in [7, 11) is 0. The molecule has 0 aliphatic rings. The highest BCUT2D eigenvalue weighted by Gasteiger charge is 2.06. The van der Waals surface area contributed by atoms with Gasteiger partial charge in [-0.25, -0.2) is 14.6 Å². The molecule has 0 saturated heterocycles. The number of aliphatic hydroxyl groups excluding tert-OH is 1. The van der Waals surface area contributed by atoms with Crippen LogP contribution in [0, 0.1) is 0 Å². The van der Waals surface area contributed by atoms with Crippen LogP contribution in [0.25, 0.3) is 11.0 Å². The van der Waals surface area contributed by atoms with Crippen LogP contribution < -0.4 is 0 Å². The van der Waals surface area contributed by atoms with Crippen LogP contribution in [-0.2, 0) is 6.54 Å². The Kier molecular flexibility index (Phi) is 2.12. The van der Waals surface area contributed by atoms with Crippen LogP contribution in [0.5, 0.6) is 0 Å². The zero-order chi connectivity index (χ0) is 9.26. The fraction of sp³-hybridized carbons (Fsp3) is 0.286. The number of aliphatic hydroxyl groups is 1. The lowest BCUT2D eigenvalue weighted by molar-refractivity contribution is 0.271. The number of fused-ring (bicyclic) bond motifs is 1. The summed E-state index contributed by atoms with van der Waals surface area (Å²) in [5, 5.41) is 13.8. The van der Waals surface area contributed by atoms with Crippen molar-refractivity contribution in [1.29, 1.82) is 0 Å². The van der Waals surface area contributed by atoms with Crippen molar-refractivity contribution in [2.24, 2.45) is 0 Å². The maximum atomic E-state index is 8.73. The predicted molar refractivity (Wildman–Crippen MR) is 47.4 cm³/mol. The average Bonchev–Trinajstić information content (AvgIpc) is 2.51. The number of aromatic nitrogens is 4. The third kappa shape index (κ3) is 1.36. The molecule has 1 N–H and O–H groups in total. The lowest BCUT2D eigenvalue weighted by Gasteiger charge is -1.98. The molecule has 0 saturated carbocycles. The Morgan fingerprint density at radius 2 is 2.31 bits per heavy atom. The number of nitrogens with zero attached hydrogens (tertiary/aromatic N) is 4. The summed E-state index contributed by atoms with van der Waals surface area (Å²) in [5.41, 5.74) is 0.647. The van der Waals surface area contributed by atoms with E-state index in [0.717, 1.165) is 0 Å². The maximum absolute atomic E-state index is 8.73. The van der Waals surface area contributed by atoms with Gasteiger partial charge in [0.15, 0.2) is 5.65 Å². The van der Waals surface area contributed by atoms with Gasteiger partial charge in [-0.1, -0.05) is 11.6 Å². The monoisotopic (exact) mass is 198 g/mol. The van der Waals surface area contributed by atoms with Crippen molar-refractivity contribution in [2.75, 3.05) is 6.61 Å². The Bertz CT molecular complexity index is 427. The zero-order valence-corrected chi connectivity index (χ0v) is 7.44. The Hall–Kier alpha value is -1.20. The van der Waals surface area contributed by atoms with Crippen molar-refractivity contribution >= 4 is 22.6 Å². The molecule has 0 atom stereocenters. The van der Waals surface area contributed by atoms with Crippen LogP contribution in [0.1, 0.15) is 0 Å². The third-order valence-electron chi connectivity index (χ3n) is 1.70. The van der Waals surface area contributed by atoms with Gasteiger partial charge < -0.3 is 5.11 Å². The van der Waals surface area contributed by atoms with E-state index in [-0.39, 0.29) is 6.61 Å². The van der Waals surface area contributed by atoms with Crippen LogP contribution >= 0.6 is 11.6 Å². The molecule has 2 rings (SSSR count). The number of hydrogen-bond acceptors (Lipinski definition) is 4. The van der Waals surface area contributed by atoms with Gasteiger partial charge in [0, 0.05) is 0 Å². The second-order valence-electron chi connectivity index (χ2n) is 2.49. The fourth-order valence-corrected chi connectivity index (χ4v) is 1.30. The molecule has 5 nitrogen and oxygen atoms in total. The molecule has 2 heterocycles. The quantitative estimate of drug-likeness (QED) is 0.713. The molecule has 0 amide bonds. The largest absolute Gasteiger partial charge is 0.394 e. The van der Waals surface area contributed by atoms with Gasteiger partial charge in [-0.15, -0.1) is 0 Å².